The van der Waals surface area contributed by atoms with Crippen molar-refractivity contribution in [3.8, 4) is 11.5 Å². The van der Waals surface area contributed by atoms with Crippen LogP contribution in [0.25, 0.3) is 10.9 Å². The summed E-state index contributed by atoms with van der Waals surface area (Å²) < 4.78 is 17.9. The van der Waals surface area contributed by atoms with E-state index >= 15 is 0 Å². The molecule has 2 aromatic carbocycles. The van der Waals surface area contributed by atoms with Crippen molar-refractivity contribution < 1.29 is 19.0 Å². The van der Waals surface area contributed by atoms with Crippen LogP contribution in [0.3, 0.4) is 0 Å². The highest BCUT2D eigenvalue weighted by atomic mass is 79.9. The van der Waals surface area contributed by atoms with Gasteiger partial charge in [-0.05, 0) is 55.3 Å². The standard InChI is InChI=1S/C24H26BrN3O5/c1-4-6-7-22-27-19-10-9-17(25)13-18(19)24(30)28(22)26-14-16-8-11-20(21(12-16)31-3)33-15-23(29)32-5-2/h8-14H,4-7,15H2,1-3H3. The van der Waals surface area contributed by atoms with Crippen LogP contribution in [0.15, 0.2) is 50.8 Å². The molecular weight excluding hydrogens is 490 g/mol. The first kappa shape index (κ1) is 24.4. The largest absolute Gasteiger partial charge is 0.493 e. The van der Waals surface area contributed by atoms with Crippen molar-refractivity contribution in [3.05, 3.63) is 62.6 Å². The normalized spacial score (nSPS) is 11.2. The van der Waals surface area contributed by atoms with Crippen LogP contribution in [0, 0.1) is 0 Å². The van der Waals surface area contributed by atoms with E-state index in [1.807, 2.05) is 12.1 Å². The Morgan fingerprint density at radius 2 is 2.00 bits per heavy atom. The molecule has 0 aliphatic heterocycles. The molecule has 0 aliphatic rings. The average Bonchev–Trinajstić information content (AvgIpc) is 2.81. The molecule has 0 saturated carbocycles. The van der Waals surface area contributed by atoms with Crippen molar-refractivity contribution in [2.45, 2.75) is 33.1 Å². The molecule has 0 N–H and O–H groups in total. The minimum atomic E-state index is -0.459. The Morgan fingerprint density at radius 3 is 2.73 bits per heavy atom. The van der Waals surface area contributed by atoms with Gasteiger partial charge in [0.05, 0.1) is 30.8 Å². The van der Waals surface area contributed by atoms with Gasteiger partial charge in [-0.25, -0.2) is 9.78 Å². The molecule has 0 fully saturated rings. The highest BCUT2D eigenvalue weighted by molar-refractivity contribution is 9.10. The summed E-state index contributed by atoms with van der Waals surface area (Å²) >= 11 is 3.41. The van der Waals surface area contributed by atoms with Crippen molar-refractivity contribution in [3.63, 3.8) is 0 Å². The van der Waals surface area contributed by atoms with E-state index < -0.39 is 5.97 Å². The second-order valence-electron chi connectivity index (χ2n) is 7.16. The number of hydrogen-bond acceptors (Lipinski definition) is 7. The predicted molar refractivity (Wildman–Crippen MR) is 130 cm³/mol. The molecule has 0 unspecified atom stereocenters. The Hall–Kier alpha value is -3.20. The molecule has 0 aliphatic carbocycles. The van der Waals surface area contributed by atoms with Gasteiger partial charge in [-0.3, -0.25) is 4.79 Å². The van der Waals surface area contributed by atoms with E-state index in [1.54, 1.807) is 37.4 Å². The van der Waals surface area contributed by atoms with Gasteiger partial charge in [-0.15, -0.1) is 0 Å². The number of nitrogens with zero attached hydrogens (tertiary/aromatic N) is 3. The first-order chi connectivity index (χ1) is 16.0. The topological polar surface area (TPSA) is 92.0 Å². The van der Waals surface area contributed by atoms with Gasteiger partial charge in [-0.2, -0.15) is 9.78 Å². The molecule has 174 valence electrons. The van der Waals surface area contributed by atoms with E-state index in [1.165, 1.54) is 11.8 Å². The Labute approximate surface area is 200 Å². The fraction of sp³-hybridized carbons (Fsp3) is 0.333. The summed E-state index contributed by atoms with van der Waals surface area (Å²) in [7, 11) is 1.51. The minimum absolute atomic E-state index is 0.216. The molecule has 8 nitrogen and oxygen atoms in total. The van der Waals surface area contributed by atoms with Gasteiger partial charge in [0, 0.05) is 10.9 Å². The fourth-order valence-corrected chi connectivity index (χ4v) is 3.52. The van der Waals surface area contributed by atoms with Crippen LogP contribution >= 0.6 is 15.9 Å². The van der Waals surface area contributed by atoms with Gasteiger partial charge < -0.3 is 14.2 Å². The number of rotatable bonds is 10. The SMILES string of the molecule is CCCCc1nc2ccc(Br)cc2c(=O)n1N=Cc1ccc(OCC(=O)OCC)c(OC)c1. The molecule has 9 heteroatoms. The zero-order chi connectivity index (χ0) is 23.8. The Kier molecular flexibility index (Phi) is 8.59. The van der Waals surface area contributed by atoms with E-state index in [2.05, 4.69) is 32.9 Å². The number of carbonyl (C=O) groups excluding carboxylic acids is 1. The molecule has 0 saturated heterocycles. The second kappa shape index (κ2) is 11.6. The maximum atomic E-state index is 13.2. The lowest BCUT2D eigenvalue weighted by atomic mass is 10.2. The first-order valence-corrected chi connectivity index (χ1v) is 11.5. The summed E-state index contributed by atoms with van der Waals surface area (Å²) in [5, 5.41) is 4.93. The number of halogens is 1. The van der Waals surface area contributed by atoms with Crippen molar-refractivity contribution >= 4 is 39.0 Å². The Bertz CT molecular complexity index is 1220. The van der Waals surface area contributed by atoms with Crippen LogP contribution in [-0.2, 0) is 16.0 Å². The van der Waals surface area contributed by atoms with Gasteiger partial charge >= 0.3 is 5.97 Å². The quantitative estimate of drug-likeness (QED) is 0.294. The highest BCUT2D eigenvalue weighted by Crippen LogP contribution is 2.27. The Morgan fingerprint density at radius 1 is 1.18 bits per heavy atom. The number of methoxy groups -OCH3 is 1. The molecule has 0 bridgehead atoms. The van der Waals surface area contributed by atoms with Gasteiger partial charge in [-0.1, -0.05) is 29.3 Å². The molecule has 1 heterocycles. The fourth-order valence-electron chi connectivity index (χ4n) is 3.16. The molecule has 0 radical (unpaired) electrons. The molecule has 0 atom stereocenters. The first-order valence-electron chi connectivity index (χ1n) is 10.7. The van der Waals surface area contributed by atoms with E-state index in [9.17, 15) is 9.59 Å². The Balaban J connectivity index is 1.93. The van der Waals surface area contributed by atoms with Crippen molar-refractivity contribution in [2.75, 3.05) is 20.3 Å². The zero-order valence-electron chi connectivity index (χ0n) is 18.8. The number of unbranched alkanes of at least 4 members (excludes halogenated alkanes) is 1. The monoisotopic (exact) mass is 515 g/mol. The van der Waals surface area contributed by atoms with Gasteiger partial charge in [0.25, 0.3) is 5.56 Å². The van der Waals surface area contributed by atoms with Crippen LogP contribution in [-0.4, -0.2) is 42.2 Å². The van der Waals surface area contributed by atoms with E-state index in [0.717, 1.165) is 17.3 Å². The highest BCUT2D eigenvalue weighted by Gasteiger charge is 2.12. The number of ether oxygens (including phenoxy) is 3. The molecule has 1 aromatic heterocycles. The minimum Gasteiger partial charge on any atom is -0.493 e. The number of aromatic nitrogens is 2. The predicted octanol–water partition coefficient (Wildman–Crippen LogP) is 4.33. The maximum absolute atomic E-state index is 13.2. The van der Waals surface area contributed by atoms with Gasteiger partial charge in [0.2, 0.25) is 0 Å². The number of benzene rings is 2. The summed E-state index contributed by atoms with van der Waals surface area (Å²) in [5.74, 6) is 0.983. The van der Waals surface area contributed by atoms with Crippen LogP contribution in [0.1, 0.15) is 38.1 Å². The molecule has 33 heavy (non-hydrogen) atoms. The third-order valence-corrected chi connectivity index (χ3v) is 5.28. The van der Waals surface area contributed by atoms with Gasteiger partial charge in [0.15, 0.2) is 18.1 Å². The van der Waals surface area contributed by atoms with E-state index in [0.29, 0.717) is 40.2 Å². The van der Waals surface area contributed by atoms with E-state index in [4.69, 9.17) is 14.2 Å². The third-order valence-electron chi connectivity index (χ3n) is 4.79. The lowest BCUT2D eigenvalue weighted by molar-refractivity contribution is -0.145. The molecule has 3 aromatic rings. The van der Waals surface area contributed by atoms with Crippen molar-refractivity contribution in [2.24, 2.45) is 5.10 Å². The van der Waals surface area contributed by atoms with Crippen molar-refractivity contribution in [1.82, 2.24) is 9.66 Å². The molecule has 0 spiro atoms. The summed E-state index contributed by atoms with van der Waals surface area (Å²) in [6.45, 7) is 3.89. The lowest BCUT2D eigenvalue weighted by Crippen LogP contribution is -2.22. The second-order valence-corrected chi connectivity index (χ2v) is 8.07. The number of fused-ring (bicyclic) bond motifs is 1. The number of carbonyl (C=O) groups is 1. The van der Waals surface area contributed by atoms with Crippen LogP contribution < -0.4 is 15.0 Å². The molecule has 3 rings (SSSR count). The number of hydrogen-bond donors (Lipinski definition) is 0. The van der Waals surface area contributed by atoms with Gasteiger partial charge in [0.1, 0.15) is 5.82 Å². The number of esters is 1. The zero-order valence-corrected chi connectivity index (χ0v) is 20.4. The van der Waals surface area contributed by atoms with Crippen LogP contribution in [0.5, 0.6) is 11.5 Å². The summed E-state index contributed by atoms with van der Waals surface area (Å²) in [5.41, 5.74) is 1.11. The smallest absolute Gasteiger partial charge is 0.344 e. The third kappa shape index (κ3) is 6.19. The van der Waals surface area contributed by atoms with E-state index in [-0.39, 0.29) is 18.8 Å². The van der Waals surface area contributed by atoms with Crippen LogP contribution in [0.4, 0.5) is 0 Å². The number of aryl methyl sites for hydroxylation is 1. The molecule has 0 amide bonds. The van der Waals surface area contributed by atoms with Crippen molar-refractivity contribution in [1.29, 1.82) is 0 Å². The van der Waals surface area contributed by atoms with Crippen LogP contribution in [0.2, 0.25) is 0 Å². The summed E-state index contributed by atoms with van der Waals surface area (Å²) in [4.78, 5) is 29.4. The summed E-state index contributed by atoms with van der Waals surface area (Å²) in [6, 6.07) is 10.6. The maximum Gasteiger partial charge on any atom is 0.344 e. The summed E-state index contributed by atoms with van der Waals surface area (Å²) in [6.07, 6.45) is 4.08. The lowest BCUT2D eigenvalue weighted by Gasteiger charge is -2.11. The molecular formula is C24H26BrN3O5. The average molecular weight is 516 g/mol.